The number of halogens is 1. The molecule has 2 aromatic carbocycles. The average Bonchev–Trinajstić information content (AvgIpc) is 3.23. The van der Waals surface area contributed by atoms with Crippen LogP contribution in [0, 0.1) is 12.7 Å². The molecule has 2 heterocycles. The van der Waals surface area contributed by atoms with Gasteiger partial charge in [-0.2, -0.15) is 0 Å². The summed E-state index contributed by atoms with van der Waals surface area (Å²) in [5.74, 6) is -1.97. The van der Waals surface area contributed by atoms with Gasteiger partial charge in [-0.15, -0.1) is 11.3 Å². The van der Waals surface area contributed by atoms with Crippen LogP contribution in [0.1, 0.15) is 43.2 Å². The van der Waals surface area contributed by atoms with E-state index in [-0.39, 0.29) is 37.0 Å². The Hall–Kier alpha value is -3.89. The van der Waals surface area contributed by atoms with Crippen LogP contribution in [0.3, 0.4) is 0 Å². The summed E-state index contributed by atoms with van der Waals surface area (Å²) in [4.78, 5) is 43.3. The quantitative estimate of drug-likeness (QED) is 0.352. The lowest BCUT2D eigenvalue weighted by Crippen LogP contribution is -2.27. The molecule has 0 unspecified atom stereocenters. The van der Waals surface area contributed by atoms with E-state index in [1.54, 1.807) is 36.6 Å². The van der Waals surface area contributed by atoms with Crippen LogP contribution < -0.4 is 10.9 Å². The summed E-state index contributed by atoms with van der Waals surface area (Å²) in [5.41, 5.74) is 2.39. The van der Waals surface area contributed by atoms with E-state index in [1.165, 1.54) is 29.5 Å². The highest BCUT2D eigenvalue weighted by Gasteiger charge is 2.16. The van der Waals surface area contributed by atoms with E-state index in [4.69, 9.17) is 9.84 Å². The van der Waals surface area contributed by atoms with Gasteiger partial charge in [-0.25, -0.2) is 14.2 Å². The number of benzene rings is 2. The minimum Gasteiger partial charge on any atom is -0.478 e. The molecule has 0 aliphatic rings. The zero-order valence-corrected chi connectivity index (χ0v) is 18.9. The largest absolute Gasteiger partial charge is 0.478 e. The van der Waals surface area contributed by atoms with Crippen molar-refractivity contribution >= 4 is 33.4 Å². The molecule has 8 nitrogen and oxygen atoms in total. The SMILES string of the molecule is Cc1cc(CNC(=O)c2nc3scc(COCc4ccc(C(=O)O)cc4)c3c(=O)[nH]2)ccc1F. The number of fused-ring (bicyclic) bond motifs is 1. The molecule has 0 saturated carbocycles. The summed E-state index contributed by atoms with van der Waals surface area (Å²) in [6.07, 6.45) is 0. The van der Waals surface area contributed by atoms with Crippen molar-refractivity contribution in [3.8, 4) is 0 Å². The van der Waals surface area contributed by atoms with Gasteiger partial charge in [0, 0.05) is 12.1 Å². The fraction of sp³-hybridized carbons (Fsp3) is 0.167. The second kappa shape index (κ2) is 9.94. The zero-order chi connectivity index (χ0) is 24.2. The lowest BCUT2D eigenvalue weighted by atomic mass is 10.1. The average molecular weight is 482 g/mol. The number of H-pyrrole nitrogens is 1. The van der Waals surface area contributed by atoms with Gasteiger partial charge in [0.15, 0.2) is 0 Å². The maximum absolute atomic E-state index is 13.4. The van der Waals surface area contributed by atoms with Gasteiger partial charge in [0.2, 0.25) is 5.82 Å². The number of amides is 1. The molecular formula is C24H20FN3O5S. The predicted molar refractivity (Wildman–Crippen MR) is 124 cm³/mol. The Morgan fingerprint density at radius 3 is 2.59 bits per heavy atom. The number of carbonyl (C=O) groups is 2. The van der Waals surface area contributed by atoms with Crippen LogP contribution in [-0.2, 0) is 24.5 Å². The summed E-state index contributed by atoms with van der Waals surface area (Å²) in [6.45, 7) is 2.20. The van der Waals surface area contributed by atoms with Crippen molar-refractivity contribution in [2.45, 2.75) is 26.7 Å². The molecule has 0 spiro atoms. The van der Waals surface area contributed by atoms with Crippen LogP contribution in [0.4, 0.5) is 4.39 Å². The molecule has 174 valence electrons. The molecule has 0 radical (unpaired) electrons. The van der Waals surface area contributed by atoms with E-state index in [1.807, 2.05) is 0 Å². The fourth-order valence-corrected chi connectivity index (χ4v) is 4.25. The maximum Gasteiger partial charge on any atom is 0.335 e. The molecule has 3 N–H and O–H groups in total. The molecule has 10 heteroatoms. The fourth-order valence-electron chi connectivity index (χ4n) is 3.33. The molecule has 0 atom stereocenters. The number of nitrogens with one attached hydrogen (secondary N) is 2. The third-order valence-corrected chi connectivity index (χ3v) is 6.06. The van der Waals surface area contributed by atoms with E-state index in [2.05, 4.69) is 15.3 Å². The smallest absolute Gasteiger partial charge is 0.335 e. The van der Waals surface area contributed by atoms with E-state index in [0.717, 1.165) is 11.1 Å². The van der Waals surface area contributed by atoms with E-state index in [9.17, 15) is 18.8 Å². The molecule has 0 aliphatic carbocycles. The Balaban J connectivity index is 1.41. The molecule has 4 aromatic rings. The molecule has 34 heavy (non-hydrogen) atoms. The monoisotopic (exact) mass is 481 g/mol. The number of hydrogen-bond acceptors (Lipinski definition) is 6. The van der Waals surface area contributed by atoms with E-state index < -0.39 is 17.4 Å². The molecule has 0 bridgehead atoms. The van der Waals surface area contributed by atoms with Crippen LogP contribution in [0.15, 0.2) is 52.6 Å². The minimum absolute atomic E-state index is 0.107. The molecule has 0 fully saturated rings. The molecule has 0 saturated heterocycles. The number of aromatic amines is 1. The number of nitrogens with zero attached hydrogens (tertiary/aromatic N) is 1. The van der Waals surface area contributed by atoms with Crippen molar-refractivity contribution in [2.24, 2.45) is 0 Å². The number of carboxylic acid groups (broad SMARTS) is 1. The molecule has 0 aliphatic heterocycles. The van der Waals surface area contributed by atoms with E-state index in [0.29, 0.717) is 21.3 Å². The molecule has 4 rings (SSSR count). The van der Waals surface area contributed by atoms with Crippen LogP contribution in [0.25, 0.3) is 10.2 Å². The van der Waals surface area contributed by atoms with Gasteiger partial charge in [-0.1, -0.05) is 24.3 Å². The van der Waals surface area contributed by atoms with Gasteiger partial charge >= 0.3 is 5.97 Å². The van der Waals surface area contributed by atoms with Gasteiger partial charge in [-0.05, 0) is 47.2 Å². The van der Waals surface area contributed by atoms with Gasteiger partial charge in [-0.3, -0.25) is 9.59 Å². The van der Waals surface area contributed by atoms with Crippen LogP contribution >= 0.6 is 11.3 Å². The number of thiophene rings is 1. The van der Waals surface area contributed by atoms with Gasteiger partial charge in [0.05, 0.1) is 24.2 Å². The number of carboxylic acids is 1. The Kier molecular flexibility index (Phi) is 6.80. The highest BCUT2D eigenvalue weighted by Crippen LogP contribution is 2.22. The van der Waals surface area contributed by atoms with Gasteiger partial charge in [0.1, 0.15) is 10.6 Å². The topological polar surface area (TPSA) is 121 Å². The third kappa shape index (κ3) is 5.19. The standard InChI is InChI=1S/C24H20FN3O5S/c1-13-8-15(4-7-18(13)25)9-26-22(30)20-27-21(29)19-17(12-34-23(19)28-20)11-33-10-14-2-5-16(6-3-14)24(31)32/h2-8,12H,9-11H2,1H3,(H,26,30)(H,31,32)(H,27,28,29). The lowest BCUT2D eigenvalue weighted by molar-refractivity contribution is 0.0696. The van der Waals surface area contributed by atoms with Crippen molar-refractivity contribution in [1.29, 1.82) is 0 Å². The summed E-state index contributed by atoms with van der Waals surface area (Å²) >= 11 is 1.23. The first-order valence-corrected chi connectivity index (χ1v) is 11.1. The summed E-state index contributed by atoms with van der Waals surface area (Å²) < 4.78 is 19.1. The number of ether oxygens (including phenoxy) is 1. The molecule has 1 amide bonds. The zero-order valence-electron chi connectivity index (χ0n) is 18.1. The number of hydrogen-bond donors (Lipinski definition) is 3. The van der Waals surface area contributed by atoms with Crippen molar-refractivity contribution < 1.29 is 23.8 Å². The highest BCUT2D eigenvalue weighted by molar-refractivity contribution is 7.16. The van der Waals surface area contributed by atoms with E-state index >= 15 is 0 Å². The third-order valence-electron chi connectivity index (χ3n) is 5.14. The Bertz CT molecular complexity index is 1430. The predicted octanol–water partition coefficient (Wildman–Crippen LogP) is 3.78. The maximum atomic E-state index is 13.4. The number of rotatable bonds is 8. The van der Waals surface area contributed by atoms with Crippen molar-refractivity contribution in [3.05, 3.63) is 97.7 Å². The second-order valence-corrected chi connectivity index (χ2v) is 8.47. The van der Waals surface area contributed by atoms with Crippen molar-refractivity contribution in [1.82, 2.24) is 15.3 Å². The Morgan fingerprint density at radius 1 is 1.15 bits per heavy atom. The highest BCUT2D eigenvalue weighted by atomic mass is 32.1. The Morgan fingerprint density at radius 2 is 1.88 bits per heavy atom. The van der Waals surface area contributed by atoms with Crippen molar-refractivity contribution in [3.63, 3.8) is 0 Å². The first-order valence-electron chi connectivity index (χ1n) is 10.3. The minimum atomic E-state index is -0.998. The summed E-state index contributed by atoms with van der Waals surface area (Å²) in [6, 6.07) is 10.9. The normalized spacial score (nSPS) is 11.0. The summed E-state index contributed by atoms with van der Waals surface area (Å²) in [5, 5.41) is 13.7. The first kappa shape index (κ1) is 23.3. The molecule has 2 aromatic heterocycles. The lowest BCUT2D eigenvalue weighted by Gasteiger charge is -2.07. The van der Waals surface area contributed by atoms with Gasteiger partial charge in [0.25, 0.3) is 11.5 Å². The Labute approximate surface area is 197 Å². The summed E-state index contributed by atoms with van der Waals surface area (Å²) in [7, 11) is 0. The number of aromatic nitrogens is 2. The van der Waals surface area contributed by atoms with Crippen LogP contribution in [0.5, 0.6) is 0 Å². The number of carbonyl (C=O) groups excluding carboxylic acids is 1. The van der Waals surface area contributed by atoms with Crippen LogP contribution in [-0.4, -0.2) is 27.0 Å². The molecular weight excluding hydrogens is 461 g/mol. The number of aryl methyl sites for hydroxylation is 1. The van der Waals surface area contributed by atoms with Gasteiger partial charge < -0.3 is 20.1 Å². The number of aromatic carboxylic acids is 1. The van der Waals surface area contributed by atoms with Crippen LogP contribution in [0.2, 0.25) is 0 Å². The van der Waals surface area contributed by atoms with Crippen molar-refractivity contribution in [2.75, 3.05) is 0 Å². The first-order chi connectivity index (χ1) is 16.3. The second-order valence-electron chi connectivity index (χ2n) is 7.62.